The van der Waals surface area contributed by atoms with Crippen LogP contribution in [0.2, 0.25) is 0 Å². The zero-order chi connectivity index (χ0) is 28.6. The van der Waals surface area contributed by atoms with Crippen molar-refractivity contribution < 1.29 is 37.1 Å². The van der Waals surface area contributed by atoms with E-state index in [2.05, 4.69) is 4.72 Å². The molecule has 3 amide bonds. The molecule has 3 aromatic rings. The molecule has 40 heavy (non-hydrogen) atoms. The topological polar surface area (TPSA) is 139 Å². The average molecular weight is 584 g/mol. The third-order valence-electron chi connectivity index (χ3n) is 6.52. The number of nitrogens with one attached hydrogen (secondary N) is 1. The number of sulfonamides is 1. The van der Waals surface area contributed by atoms with Gasteiger partial charge in [0.05, 0.1) is 37.0 Å². The second-order valence-electron chi connectivity index (χ2n) is 9.01. The summed E-state index contributed by atoms with van der Waals surface area (Å²) >= 11 is 0.906. The van der Waals surface area contributed by atoms with E-state index in [-0.39, 0.29) is 51.4 Å². The van der Waals surface area contributed by atoms with Crippen molar-refractivity contribution in [1.82, 2.24) is 4.90 Å². The number of methoxy groups -OCH3 is 1. The summed E-state index contributed by atoms with van der Waals surface area (Å²) < 4.78 is 40.1. The zero-order valence-corrected chi connectivity index (χ0v) is 23.3. The first-order chi connectivity index (χ1) is 19.1. The van der Waals surface area contributed by atoms with Crippen molar-refractivity contribution in [2.75, 3.05) is 29.9 Å². The summed E-state index contributed by atoms with van der Waals surface area (Å²) in [5.41, 5.74) is 0.900. The highest BCUT2D eigenvalue weighted by atomic mass is 32.2. The van der Waals surface area contributed by atoms with Crippen molar-refractivity contribution in [2.45, 2.75) is 31.2 Å². The molecule has 11 nitrogen and oxygen atoms in total. The van der Waals surface area contributed by atoms with E-state index in [0.29, 0.717) is 30.0 Å². The van der Waals surface area contributed by atoms with E-state index in [4.69, 9.17) is 9.47 Å². The lowest BCUT2D eigenvalue weighted by Crippen LogP contribution is -2.28. The molecular formula is C27H25N3O8S2. The molecule has 208 valence electrons. The number of esters is 1. The van der Waals surface area contributed by atoms with Crippen LogP contribution >= 0.6 is 11.3 Å². The summed E-state index contributed by atoms with van der Waals surface area (Å²) in [7, 11) is -3.01. The fourth-order valence-corrected chi connectivity index (χ4v) is 7.17. The normalized spacial score (nSPS) is 15.0. The predicted molar refractivity (Wildman–Crippen MR) is 146 cm³/mol. The van der Waals surface area contributed by atoms with Crippen LogP contribution in [0.3, 0.4) is 0 Å². The Kier molecular flexibility index (Phi) is 7.34. The minimum absolute atomic E-state index is 0.0448. The lowest BCUT2D eigenvalue weighted by Gasteiger charge is -2.18. The molecule has 0 radical (unpaired) electrons. The van der Waals surface area contributed by atoms with E-state index in [0.717, 1.165) is 16.2 Å². The molecule has 1 aromatic heterocycles. The molecular weight excluding hydrogens is 558 g/mol. The van der Waals surface area contributed by atoms with Crippen LogP contribution in [0.5, 0.6) is 5.75 Å². The molecule has 2 aliphatic heterocycles. The Hall–Kier alpha value is -4.23. The van der Waals surface area contributed by atoms with Crippen molar-refractivity contribution in [3.05, 3.63) is 70.1 Å². The number of anilines is 2. The van der Waals surface area contributed by atoms with Gasteiger partial charge in [-0.2, -0.15) is 0 Å². The van der Waals surface area contributed by atoms with Crippen LogP contribution in [-0.2, 0) is 26.1 Å². The smallest absolute Gasteiger partial charge is 0.341 e. The molecule has 0 spiro atoms. The van der Waals surface area contributed by atoms with Crippen molar-refractivity contribution in [3.63, 3.8) is 0 Å². The average Bonchev–Trinajstić information content (AvgIpc) is 3.61. The summed E-state index contributed by atoms with van der Waals surface area (Å²) in [6.07, 6.45) is 1.04. The van der Waals surface area contributed by atoms with Crippen molar-refractivity contribution in [3.8, 4) is 5.75 Å². The standard InChI is InChI=1S/C27H25N3O8S2/c1-3-38-27(34)20-14-17(15-30-25(32)18-7-4-5-8-19(18)26(30)33)39-24(20)28-40(35,36)22-13-16(10-11-21(22)37-2)29-12-6-9-23(29)31/h4-5,7-8,10-11,13-14,28H,3,6,9,12,15H2,1-2H3. The van der Waals surface area contributed by atoms with Gasteiger partial charge in [0.2, 0.25) is 5.91 Å². The molecule has 0 atom stereocenters. The lowest BCUT2D eigenvalue weighted by atomic mass is 10.1. The molecule has 2 aliphatic rings. The van der Waals surface area contributed by atoms with Gasteiger partial charge in [-0.15, -0.1) is 11.3 Å². The minimum Gasteiger partial charge on any atom is -0.495 e. The molecule has 0 saturated carbocycles. The summed E-state index contributed by atoms with van der Waals surface area (Å²) in [4.78, 5) is 53.4. The number of ether oxygens (including phenoxy) is 2. The number of carbonyl (C=O) groups is 4. The van der Waals surface area contributed by atoms with Crippen LogP contribution in [0.25, 0.3) is 0 Å². The third-order valence-corrected chi connectivity index (χ3v) is 9.05. The van der Waals surface area contributed by atoms with Gasteiger partial charge in [0.15, 0.2) is 0 Å². The monoisotopic (exact) mass is 583 g/mol. The van der Waals surface area contributed by atoms with E-state index in [9.17, 15) is 27.6 Å². The van der Waals surface area contributed by atoms with Gasteiger partial charge in [-0.25, -0.2) is 13.2 Å². The maximum Gasteiger partial charge on any atom is 0.341 e. The van der Waals surface area contributed by atoms with Crippen molar-refractivity contribution in [1.29, 1.82) is 0 Å². The van der Waals surface area contributed by atoms with Crippen LogP contribution in [0.15, 0.2) is 53.4 Å². The number of benzene rings is 2. The summed E-state index contributed by atoms with van der Waals surface area (Å²) in [6, 6.07) is 12.3. The molecule has 0 unspecified atom stereocenters. The van der Waals surface area contributed by atoms with Gasteiger partial charge in [-0.3, -0.25) is 24.0 Å². The van der Waals surface area contributed by atoms with Gasteiger partial charge in [0.25, 0.3) is 21.8 Å². The van der Waals surface area contributed by atoms with Gasteiger partial charge in [0, 0.05) is 23.5 Å². The molecule has 2 aromatic carbocycles. The number of thiophene rings is 1. The molecule has 5 rings (SSSR count). The van der Waals surface area contributed by atoms with Crippen LogP contribution in [0, 0.1) is 0 Å². The number of rotatable bonds is 9. The number of carbonyl (C=O) groups excluding carboxylic acids is 4. The van der Waals surface area contributed by atoms with Crippen molar-refractivity contribution in [2.24, 2.45) is 0 Å². The second kappa shape index (κ2) is 10.7. The summed E-state index contributed by atoms with van der Waals surface area (Å²) in [5, 5.41) is -0.0465. The first-order valence-electron chi connectivity index (χ1n) is 12.4. The Morgan fingerprint density at radius 1 is 1.05 bits per heavy atom. The van der Waals surface area contributed by atoms with Crippen LogP contribution in [0.4, 0.5) is 10.7 Å². The Labute approximate surface area is 234 Å². The highest BCUT2D eigenvalue weighted by Gasteiger charge is 2.36. The second-order valence-corrected chi connectivity index (χ2v) is 11.8. The highest BCUT2D eigenvalue weighted by molar-refractivity contribution is 7.93. The van der Waals surface area contributed by atoms with Gasteiger partial charge in [-0.05, 0) is 49.7 Å². The van der Waals surface area contributed by atoms with Crippen LogP contribution in [-0.4, -0.2) is 57.3 Å². The SMILES string of the molecule is CCOC(=O)c1cc(CN2C(=O)c3ccccc3C2=O)sc1NS(=O)(=O)c1cc(N2CCCC2=O)ccc1OC. The first kappa shape index (κ1) is 27.3. The van der Waals surface area contributed by atoms with E-state index < -0.39 is 27.8 Å². The molecule has 3 heterocycles. The highest BCUT2D eigenvalue weighted by Crippen LogP contribution is 2.36. The van der Waals surface area contributed by atoms with E-state index >= 15 is 0 Å². The maximum absolute atomic E-state index is 13.6. The van der Waals surface area contributed by atoms with Crippen LogP contribution < -0.4 is 14.4 Å². The molecule has 0 aliphatic carbocycles. The maximum atomic E-state index is 13.6. The summed E-state index contributed by atoms with van der Waals surface area (Å²) in [6.45, 7) is 1.97. The number of fused-ring (bicyclic) bond motifs is 1. The molecule has 0 bridgehead atoms. The van der Waals surface area contributed by atoms with Gasteiger partial charge < -0.3 is 14.4 Å². The summed E-state index contributed by atoms with van der Waals surface area (Å²) in [5.74, 6) is -1.79. The van der Waals surface area contributed by atoms with Gasteiger partial charge in [-0.1, -0.05) is 12.1 Å². The quantitative estimate of drug-likeness (QED) is 0.297. The Morgan fingerprint density at radius 2 is 1.75 bits per heavy atom. The van der Waals surface area contributed by atoms with E-state index in [1.165, 1.54) is 30.2 Å². The minimum atomic E-state index is -4.33. The Bertz CT molecular complexity index is 1610. The number of nitrogens with zero attached hydrogens (tertiary/aromatic N) is 2. The Balaban J connectivity index is 1.48. The first-order valence-corrected chi connectivity index (χ1v) is 14.7. The third kappa shape index (κ3) is 4.93. The number of hydrogen-bond acceptors (Lipinski definition) is 9. The predicted octanol–water partition coefficient (Wildman–Crippen LogP) is 3.66. The van der Waals surface area contributed by atoms with E-state index in [1.54, 1.807) is 37.3 Å². The van der Waals surface area contributed by atoms with Gasteiger partial charge in [0.1, 0.15) is 15.6 Å². The molecule has 1 saturated heterocycles. The fraction of sp³-hybridized carbons (Fsp3) is 0.259. The molecule has 1 fully saturated rings. The molecule has 13 heteroatoms. The lowest BCUT2D eigenvalue weighted by molar-refractivity contribution is -0.117. The van der Waals surface area contributed by atoms with Crippen LogP contribution in [0.1, 0.15) is 55.7 Å². The number of amides is 3. The van der Waals surface area contributed by atoms with Crippen molar-refractivity contribution >= 4 is 55.7 Å². The Morgan fingerprint density at radius 3 is 2.35 bits per heavy atom. The number of hydrogen-bond donors (Lipinski definition) is 1. The molecule has 1 N–H and O–H groups in total. The fourth-order valence-electron chi connectivity index (χ4n) is 4.64. The van der Waals surface area contributed by atoms with Gasteiger partial charge >= 0.3 is 5.97 Å². The number of imide groups is 1. The zero-order valence-electron chi connectivity index (χ0n) is 21.6. The largest absolute Gasteiger partial charge is 0.495 e. The van der Waals surface area contributed by atoms with E-state index in [1.807, 2.05) is 0 Å².